The molecule has 0 fully saturated rings. The number of hydrogen-bond donors (Lipinski definition) is 0. The van der Waals surface area contributed by atoms with Gasteiger partial charge < -0.3 is 0 Å². The van der Waals surface area contributed by atoms with E-state index in [-0.39, 0.29) is 11.8 Å². The zero-order valence-electron chi connectivity index (χ0n) is 11.0. The van der Waals surface area contributed by atoms with Crippen LogP contribution in [0.4, 0.5) is 0 Å². The lowest BCUT2D eigenvalue weighted by molar-refractivity contribution is 0.560. The maximum Gasteiger partial charge on any atom is 0.146 e. The van der Waals surface area contributed by atoms with Crippen LogP contribution in [0.3, 0.4) is 0 Å². The van der Waals surface area contributed by atoms with Gasteiger partial charge in [0.1, 0.15) is 11.7 Å². The Morgan fingerprint density at radius 2 is 2.05 bits per heavy atom. The lowest BCUT2D eigenvalue weighted by Crippen LogP contribution is -2.10. The van der Waals surface area contributed by atoms with Crippen LogP contribution in [0.15, 0.2) is 22.0 Å². The highest BCUT2D eigenvalue weighted by atomic mass is 79.9. The van der Waals surface area contributed by atoms with Crippen molar-refractivity contribution < 1.29 is 0 Å². The van der Waals surface area contributed by atoms with Gasteiger partial charge in [0, 0.05) is 5.69 Å². The minimum absolute atomic E-state index is 0.203. The molecule has 0 saturated carbocycles. The molecule has 0 bridgehead atoms. The number of hydrogen-bond acceptors (Lipinski definition) is 4. The third-order valence-corrected chi connectivity index (χ3v) is 4.43. The summed E-state index contributed by atoms with van der Waals surface area (Å²) < 4.78 is 1.07. The fourth-order valence-electron chi connectivity index (χ4n) is 1.81. The van der Waals surface area contributed by atoms with Crippen molar-refractivity contribution in [2.75, 3.05) is 0 Å². The van der Waals surface area contributed by atoms with Crippen LogP contribution in [0.25, 0.3) is 10.6 Å². The molecule has 0 radical (unpaired) electrons. The Balaban J connectivity index is 2.48. The Labute approximate surface area is 125 Å². The van der Waals surface area contributed by atoms with Crippen LogP contribution in [-0.2, 0) is 0 Å². The Morgan fingerprint density at radius 3 is 2.58 bits per heavy atom. The van der Waals surface area contributed by atoms with E-state index in [1.54, 1.807) is 11.3 Å². The van der Waals surface area contributed by atoms with Gasteiger partial charge in [-0.15, -0.1) is 11.3 Å². The molecular formula is C14H14BrN3S. The summed E-state index contributed by atoms with van der Waals surface area (Å²) in [6.45, 7) is 5.97. The fourth-order valence-corrected chi connectivity index (χ4v) is 3.16. The van der Waals surface area contributed by atoms with E-state index in [0.717, 1.165) is 20.1 Å². The number of rotatable bonds is 3. The van der Waals surface area contributed by atoms with Crippen molar-refractivity contribution in [3.8, 4) is 16.6 Å². The van der Waals surface area contributed by atoms with Crippen molar-refractivity contribution in [1.82, 2.24) is 9.97 Å². The summed E-state index contributed by atoms with van der Waals surface area (Å²) >= 11 is 5.08. The van der Waals surface area contributed by atoms with Gasteiger partial charge in [0.15, 0.2) is 0 Å². The van der Waals surface area contributed by atoms with Gasteiger partial charge in [-0.3, -0.25) is 0 Å². The van der Waals surface area contributed by atoms with Crippen molar-refractivity contribution in [3.05, 3.63) is 33.5 Å². The Bertz CT molecular complexity index is 628. The number of halogens is 1. The zero-order valence-corrected chi connectivity index (χ0v) is 13.4. The molecule has 0 N–H and O–H groups in total. The third kappa shape index (κ3) is 3.20. The molecule has 2 heterocycles. The molecule has 5 heteroatoms. The highest BCUT2D eigenvalue weighted by Crippen LogP contribution is 2.31. The average Bonchev–Trinajstić information content (AvgIpc) is 2.75. The number of aryl methyl sites for hydroxylation is 1. The summed E-state index contributed by atoms with van der Waals surface area (Å²) in [5.41, 5.74) is 1.78. The molecule has 0 aliphatic carbocycles. The average molecular weight is 336 g/mol. The van der Waals surface area contributed by atoms with Gasteiger partial charge in [-0.1, -0.05) is 13.8 Å². The second-order valence-electron chi connectivity index (χ2n) is 4.71. The number of nitriles is 1. The van der Waals surface area contributed by atoms with E-state index in [4.69, 9.17) is 0 Å². The molecule has 0 aliphatic rings. The summed E-state index contributed by atoms with van der Waals surface area (Å²) in [5.74, 6) is 0.564. The third-order valence-electron chi connectivity index (χ3n) is 2.78. The summed E-state index contributed by atoms with van der Waals surface area (Å²) in [6.07, 6.45) is 0. The molecule has 0 aliphatic heterocycles. The van der Waals surface area contributed by atoms with E-state index in [1.807, 2.05) is 39.0 Å². The maximum absolute atomic E-state index is 9.27. The molecule has 3 nitrogen and oxygen atoms in total. The van der Waals surface area contributed by atoms with Crippen LogP contribution in [0, 0.1) is 24.2 Å². The molecule has 0 saturated heterocycles. The largest absolute Gasteiger partial charge is 0.237 e. The highest BCUT2D eigenvalue weighted by Gasteiger charge is 2.19. The van der Waals surface area contributed by atoms with Crippen LogP contribution < -0.4 is 0 Å². The smallest absolute Gasteiger partial charge is 0.146 e. The normalized spacial score (nSPS) is 12.4. The van der Waals surface area contributed by atoms with Crippen LogP contribution >= 0.6 is 27.3 Å². The summed E-state index contributed by atoms with van der Waals surface area (Å²) in [5, 5.41) is 9.27. The lowest BCUT2D eigenvalue weighted by atomic mass is 9.96. The Hall–Kier alpha value is -1.25. The number of thiophene rings is 1. The molecule has 0 aromatic carbocycles. The Morgan fingerprint density at radius 1 is 1.32 bits per heavy atom. The first-order valence-corrected chi connectivity index (χ1v) is 7.63. The SMILES string of the molecule is Cc1cc(-c2ccc(Br)s2)nc(C(C#N)C(C)C)n1. The van der Waals surface area contributed by atoms with Crippen LogP contribution in [0.5, 0.6) is 0 Å². The van der Waals surface area contributed by atoms with Crippen molar-refractivity contribution in [3.63, 3.8) is 0 Å². The molecule has 2 aromatic rings. The summed E-state index contributed by atoms with van der Waals surface area (Å²) in [4.78, 5) is 10.1. The summed E-state index contributed by atoms with van der Waals surface area (Å²) in [7, 11) is 0. The van der Waals surface area contributed by atoms with Gasteiger partial charge in [0.05, 0.1) is 20.4 Å². The molecule has 98 valence electrons. The predicted octanol–water partition coefficient (Wildman–Crippen LogP) is 4.54. The number of aromatic nitrogens is 2. The first-order chi connectivity index (χ1) is 9.01. The van der Waals surface area contributed by atoms with E-state index in [1.165, 1.54) is 0 Å². The molecule has 1 unspecified atom stereocenters. The quantitative estimate of drug-likeness (QED) is 0.827. The van der Waals surface area contributed by atoms with E-state index in [9.17, 15) is 5.26 Å². The zero-order chi connectivity index (χ0) is 14.0. The van der Waals surface area contributed by atoms with E-state index in [0.29, 0.717) is 5.82 Å². The predicted molar refractivity (Wildman–Crippen MR) is 81.0 cm³/mol. The molecule has 0 amide bonds. The van der Waals surface area contributed by atoms with E-state index < -0.39 is 0 Å². The fraction of sp³-hybridized carbons (Fsp3) is 0.357. The lowest BCUT2D eigenvalue weighted by Gasteiger charge is -2.12. The van der Waals surface area contributed by atoms with Gasteiger partial charge in [0.25, 0.3) is 0 Å². The van der Waals surface area contributed by atoms with Crippen LogP contribution in [-0.4, -0.2) is 9.97 Å². The van der Waals surface area contributed by atoms with Crippen molar-refractivity contribution in [2.45, 2.75) is 26.7 Å². The van der Waals surface area contributed by atoms with Crippen molar-refractivity contribution in [2.24, 2.45) is 5.92 Å². The molecular weight excluding hydrogens is 322 g/mol. The Kier molecular flexibility index (Phi) is 4.33. The van der Waals surface area contributed by atoms with E-state index in [2.05, 4.69) is 32.0 Å². The molecule has 1 atom stereocenters. The second-order valence-corrected chi connectivity index (χ2v) is 7.17. The molecule has 19 heavy (non-hydrogen) atoms. The minimum atomic E-state index is -0.262. The van der Waals surface area contributed by atoms with Crippen molar-refractivity contribution in [1.29, 1.82) is 5.26 Å². The number of nitrogens with zero attached hydrogens (tertiary/aromatic N) is 3. The molecule has 2 aromatic heterocycles. The van der Waals surface area contributed by atoms with Gasteiger partial charge in [-0.05, 0) is 47.0 Å². The first kappa shape index (κ1) is 14.2. The molecule has 0 spiro atoms. The van der Waals surface area contributed by atoms with Crippen LogP contribution in [0.1, 0.15) is 31.3 Å². The first-order valence-electron chi connectivity index (χ1n) is 6.02. The standard InChI is InChI=1S/C14H14BrN3S/c1-8(2)10(7-16)14-17-9(3)6-11(18-14)12-4-5-13(15)19-12/h4-6,8,10H,1-3H3. The van der Waals surface area contributed by atoms with Gasteiger partial charge in [-0.25, -0.2) is 9.97 Å². The topological polar surface area (TPSA) is 49.6 Å². The van der Waals surface area contributed by atoms with Crippen molar-refractivity contribution >= 4 is 27.3 Å². The monoisotopic (exact) mass is 335 g/mol. The van der Waals surface area contributed by atoms with Gasteiger partial charge in [-0.2, -0.15) is 5.26 Å². The van der Waals surface area contributed by atoms with Crippen LogP contribution in [0.2, 0.25) is 0 Å². The maximum atomic E-state index is 9.27. The summed E-state index contributed by atoms with van der Waals surface area (Å²) in [6, 6.07) is 8.28. The van der Waals surface area contributed by atoms with Gasteiger partial charge >= 0.3 is 0 Å². The minimum Gasteiger partial charge on any atom is -0.237 e. The van der Waals surface area contributed by atoms with Gasteiger partial charge in [0.2, 0.25) is 0 Å². The van der Waals surface area contributed by atoms with E-state index >= 15 is 0 Å². The second kappa shape index (κ2) is 5.81. The highest BCUT2D eigenvalue weighted by molar-refractivity contribution is 9.11. The molecule has 2 rings (SSSR count).